The highest BCUT2D eigenvalue weighted by Gasteiger charge is 2.06. The van der Waals surface area contributed by atoms with E-state index < -0.39 is 10.0 Å². The maximum Gasteiger partial charge on any atom is 0.232 e. The average Bonchev–Trinajstić information content (AvgIpc) is 2.17. The third-order valence-corrected chi connectivity index (χ3v) is 3.03. The van der Waals surface area contributed by atoms with E-state index in [1.165, 1.54) is 7.11 Å². The van der Waals surface area contributed by atoms with Gasteiger partial charge in [-0.15, -0.1) is 0 Å². The standard InChI is InChI=1S/C9H13NO3S/c1-3-14(11,12)10-8-5-4-6-9(7-8)13-2/h4-7,10H,3H2,1-2H3. The molecule has 0 heterocycles. The van der Waals surface area contributed by atoms with Crippen molar-refractivity contribution >= 4 is 15.7 Å². The smallest absolute Gasteiger partial charge is 0.232 e. The quantitative estimate of drug-likeness (QED) is 0.827. The molecule has 1 aromatic carbocycles. The van der Waals surface area contributed by atoms with Gasteiger partial charge >= 0.3 is 0 Å². The Hall–Kier alpha value is -1.23. The monoisotopic (exact) mass is 215 g/mol. The number of methoxy groups -OCH3 is 1. The van der Waals surface area contributed by atoms with Gasteiger partial charge in [0.15, 0.2) is 0 Å². The molecule has 0 fully saturated rings. The molecule has 5 heteroatoms. The molecule has 14 heavy (non-hydrogen) atoms. The highest BCUT2D eigenvalue weighted by molar-refractivity contribution is 7.92. The van der Waals surface area contributed by atoms with Crippen molar-refractivity contribution in [3.8, 4) is 5.75 Å². The van der Waals surface area contributed by atoms with Gasteiger partial charge in [0.05, 0.1) is 18.6 Å². The van der Waals surface area contributed by atoms with Crippen LogP contribution in [0.2, 0.25) is 0 Å². The number of sulfonamides is 1. The lowest BCUT2D eigenvalue weighted by atomic mass is 10.3. The molecule has 0 spiro atoms. The summed E-state index contributed by atoms with van der Waals surface area (Å²) in [7, 11) is -1.67. The van der Waals surface area contributed by atoms with Crippen molar-refractivity contribution in [1.29, 1.82) is 0 Å². The number of benzene rings is 1. The molecule has 0 saturated carbocycles. The van der Waals surface area contributed by atoms with Crippen molar-refractivity contribution in [3.05, 3.63) is 24.3 Å². The van der Waals surface area contributed by atoms with Crippen LogP contribution >= 0.6 is 0 Å². The van der Waals surface area contributed by atoms with Crippen LogP contribution in [0.15, 0.2) is 24.3 Å². The Kier molecular flexibility index (Phi) is 3.35. The summed E-state index contributed by atoms with van der Waals surface area (Å²) >= 11 is 0. The molecule has 1 N–H and O–H groups in total. The first-order chi connectivity index (χ1) is 6.57. The normalized spacial score (nSPS) is 11.0. The maximum absolute atomic E-state index is 11.2. The number of nitrogens with one attached hydrogen (secondary N) is 1. The highest BCUT2D eigenvalue weighted by atomic mass is 32.2. The number of rotatable bonds is 4. The van der Waals surface area contributed by atoms with Crippen LogP contribution in [-0.4, -0.2) is 21.3 Å². The first-order valence-electron chi connectivity index (χ1n) is 4.22. The van der Waals surface area contributed by atoms with E-state index in [0.29, 0.717) is 11.4 Å². The zero-order valence-electron chi connectivity index (χ0n) is 8.15. The van der Waals surface area contributed by atoms with Gasteiger partial charge in [0.25, 0.3) is 0 Å². The van der Waals surface area contributed by atoms with E-state index in [9.17, 15) is 8.42 Å². The summed E-state index contributed by atoms with van der Waals surface area (Å²) in [6.45, 7) is 1.59. The Bertz CT molecular complexity index is 400. The number of anilines is 1. The van der Waals surface area contributed by atoms with Crippen LogP contribution in [-0.2, 0) is 10.0 Å². The van der Waals surface area contributed by atoms with Crippen LogP contribution in [0.25, 0.3) is 0 Å². The number of hydrogen-bond acceptors (Lipinski definition) is 3. The Morgan fingerprint density at radius 3 is 2.71 bits per heavy atom. The summed E-state index contributed by atoms with van der Waals surface area (Å²) in [6.07, 6.45) is 0. The highest BCUT2D eigenvalue weighted by Crippen LogP contribution is 2.17. The fourth-order valence-corrected chi connectivity index (χ4v) is 1.57. The van der Waals surface area contributed by atoms with Gasteiger partial charge in [-0.1, -0.05) is 6.07 Å². The molecule has 0 saturated heterocycles. The second-order valence-corrected chi connectivity index (χ2v) is 4.75. The Morgan fingerprint density at radius 1 is 1.43 bits per heavy atom. The summed E-state index contributed by atoms with van der Waals surface area (Å²) in [4.78, 5) is 0. The van der Waals surface area contributed by atoms with Crippen LogP contribution < -0.4 is 9.46 Å². The van der Waals surface area contributed by atoms with E-state index in [1.54, 1.807) is 31.2 Å². The molecule has 0 aliphatic heterocycles. The van der Waals surface area contributed by atoms with Gasteiger partial charge in [-0.25, -0.2) is 8.42 Å². The molecular weight excluding hydrogens is 202 g/mol. The molecule has 0 amide bonds. The van der Waals surface area contributed by atoms with Crippen molar-refractivity contribution in [2.24, 2.45) is 0 Å². The maximum atomic E-state index is 11.2. The summed E-state index contributed by atoms with van der Waals surface area (Å²) in [5, 5.41) is 0. The van der Waals surface area contributed by atoms with Crippen LogP contribution in [0.5, 0.6) is 5.75 Å². The van der Waals surface area contributed by atoms with Crippen molar-refractivity contribution in [1.82, 2.24) is 0 Å². The molecule has 0 bridgehead atoms. The number of hydrogen-bond donors (Lipinski definition) is 1. The number of ether oxygens (including phenoxy) is 1. The van der Waals surface area contributed by atoms with E-state index in [0.717, 1.165) is 0 Å². The van der Waals surface area contributed by atoms with E-state index in [2.05, 4.69) is 4.72 Å². The van der Waals surface area contributed by atoms with Gasteiger partial charge < -0.3 is 4.74 Å². The predicted molar refractivity (Wildman–Crippen MR) is 56.1 cm³/mol. The fourth-order valence-electron chi connectivity index (χ4n) is 0.938. The molecule has 0 radical (unpaired) electrons. The third kappa shape index (κ3) is 2.92. The minimum atomic E-state index is -3.20. The van der Waals surface area contributed by atoms with Gasteiger partial charge in [-0.2, -0.15) is 0 Å². The van der Waals surface area contributed by atoms with E-state index in [4.69, 9.17) is 4.74 Å². The predicted octanol–water partition coefficient (Wildman–Crippen LogP) is 1.46. The molecule has 4 nitrogen and oxygen atoms in total. The summed E-state index contributed by atoms with van der Waals surface area (Å²) in [5.74, 6) is 0.686. The SMILES string of the molecule is CCS(=O)(=O)Nc1cccc(OC)c1. The van der Waals surface area contributed by atoms with E-state index in [1.807, 2.05) is 0 Å². The Labute approximate surface area is 84.0 Å². The van der Waals surface area contributed by atoms with Crippen LogP contribution in [0.4, 0.5) is 5.69 Å². The molecule has 0 atom stereocenters. The summed E-state index contributed by atoms with van der Waals surface area (Å²) < 4.78 is 29.8. The Balaban J connectivity index is 2.87. The minimum absolute atomic E-state index is 0.0597. The average molecular weight is 215 g/mol. The lowest BCUT2D eigenvalue weighted by Gasteiger charge is -2.06. The van der Waals surface area contributed by atoms with Crippen molar-refractivity contribution < 1.29 is 13.2 Å². The molecule has 78 valence electrons. The minimum Gasteiger partial charge on any atom is -0.497 e. The Morgan fingerprint density at radius 2 is 2.14 bits per heavy atom. The van der Waals surface area contributed by atoms with E-state index in [-0.39, 0.29) is 5.75 Å². The molecule has 0 aliphatic rings. The van der Waals surface area contributed by atoms with Crippen LogP contribution in [0, 0.1) is 0 Å². The fraction of sp³-hybridized carbons (Fsp3) is 0.333. The first-order valence-corrected chi connectivity index (χ1v) is 5.87. The third-order valence-electron chi connectivity index (χ3n) is 1.72. The zero-order chi connectivity index (χ0) is 10.6. The largest absolute Gasteiger partial charge is 0.497 e. The lowest BCUT2D eigenvalue weighted by molar-refractivity contribution is 0.415. The molecule has 0 aliphatic carbocycles. The van der Waals surface area contributed by atoms with Crippen LogP contribution in [0.1, 0.15) is 6.92 Å². The van der Waals surface area contributed by atoms with Gasteiger partial charge in [0.2, 0.25) is 10.0 Å². The topological polar surface area (TPSA) is 55.4 Å². The van der Waals surface area contributed by atoms with Crippen molar-refractivity contribution in [3.63, 3.8) is 0 Å². The van der Waals surface area contributed by atoms with Gasteiger partial charge in [-0.05, 0) is 19.1 Å². The van der Waals surface area contributed by atoms with Gasteiger partial charge in [0, 0.05) is 6.07 Å². The van der Waals surface area contributed by atoms with Crippen LogP contribution in [0.3, 0.4) is 0 Å². The van der Waals surface area contributed by atoms with Crippen molar-refractivity contribution in [2.45, 2.75) is 6.92 Å². The molecular formula is C9H13NO3S. The van der Waals surface area contributed by atoms with Crippen molar-refractivity contribution in [2.75, 3.05) is 17.6 Å². The molecule has 0 aromatic heterocycles. The summed E-state index contributed by atoms with van der Waals surface area (Å²) in [5.41, 5.74) is 0.520. The molecule has 1 aromatic rings. The summed E-state index contributed by atoms with van der Waals surface area (Å²) in [6, 6.07) is 6.79. The second-order valence-electron chi connectivity index (χ2n) is 2.74. The van der Waals surface area contributed by atoms with E-state index >= 15 is 0 Å². The second kappa shape index (κ2) is 4.32. The zero-order valence-corrected chi connectivity index (χ0v) is 8.97. The first kappa shape index (κ1) is 10.8. The molecule has 1 rings (SSSR count). The van der Waals surface area contributed by atoms with Gasteiger partial charge in [0.1, 0.15) is 5.75 Å². The molecule has 0 unspecified atom stereocenters. The van der Waals surface area contributed by atoms with Gasteiger partial charge in [-0.3, -0.25) is 4.72 Å². The lowest BCUT2D eigenvalue weighted by Crippen LogP contribution is -2.14.